The first-order chi connectivity index (χ1) is 11.2. The second-order valence-corrected chi connectivity index (χ2v) is 6.49. The van der Waals surface area contributed by atoms with Gasteiger partial charge >= 0.3 is 0 Å². The second kappa shape index (κ2) is 7.32. The molecule has 1 aliphatic carbocycles. The molecule has 1 aromatic carbocycles. The van der Waals surface area contributed by atoms with Gasteiger partial charge in [-0.25, -0.2) is 0 Å². The lowest BCUT2D eigenvalue weighted by Crippen LogP contribution is -2.48. The summed E-state index contributed by atoms with van der Waals surface area (Å²) in [4.78, 5) is 12.5. The number of hydrogen-bond donors (Lipinski definition) is 2. The summed E-state index contributed by atoms with van der Waals surface area (Å²) in [6, 6.07) is 5.72. The van der Waals surface area contributed by atoms with Crippen molar-refractivity contribution in [2.24, 2.45) is 11.7 Å². The number of nitrogens with two attached hydrogens (primary N) is 1. The maximum atomic E-state index is 12.5. The van der Waals surface area contributed by atoms with Gasteiger partial charge in [-0.15, -0.1) is 0 Å². The number of ether oxygens (including phenoxy) is 2. The average molecular weight is 318 g/mol. The molecule has 1 aliphatic heterocycles. The van der Waals surface area contributed by atoms with E-state index < -0.39 is 6.04 Å². The van der Waals surface area contributed by atoms with Gasteiger partial charge in [0, 0.05) is 13.2 Å². The third-order valence-electron chi connectivity index (χ3n) is 5.06. The number of methoxy groups -OCH3 is 1. The van der Waals surface area contributed by atoms with Crippen LogP contribution in [-0.4, -0.2) is 32.3 Å². The molecule has 0 radical (unpaired) electrons. The first kappa shape index (κ1) is 16.3. The van der Waals surface area contributed by atoms with E-state index in [-0.39, 0.29) is 17.9 Å². The zero-order valence-corrected chi connectivity index (χ0v) is 13.7. The van der Waals surface area contributed by atoms with Crippen molar-refractivity contribution in [2.75, 3.05) is 20.3 Å². The van der Waals surface area contributed by atoms with Gasteiger partial charge < -0.3 is 20.5 Å². The highest BCUT2D eigenvalue weighted by atomic mass is 16.5. The lowest BCUT2D eigenvalue weighted by molar-refractivity contribution is -0.125. The van der Waals surface area contributed by atoms with Crippen LogP contribution in [0.15, 0.2) is 18.2 Å². The molecule has 2 aliphatic rings. The average Bonchev–Trinajstić information content (AvgIpc) is 2.61. The number of rotatable bonds is 4. The number of fused-ring (bicyclic) bond motifs is 1. The Hall–Kier alpha value is -1.59. The Morgan fingerprint density at radius 2 is 2.13 bits per heavy atom. The molecule has 126 valence electrons. The van der Waals surface area contributed by atoms with E-state index >= 15 is 0 Å². The van der Waals surface area contributed by atoms with Gasteiger partial charge in [0.25, 0.3) is 0 Å². The van der Waals surface area contributed by atoms with Crippen molar-refractivity contribution in [1.29, 1.82) is 0 Å². The number of nitrogens with one attached hydrogen (secondary N) is 1. The molecule has 2 atom stereocenters. The van der Waals surface area contributed by atoms with Crippen LogP contribution in [0.3, 0.4) is 0 Å². The first-order valence-electron chi connectivity index (χ1n) is 8.49. The van der Waals surface area contributed by atoms with Gasteiger partial charge in [0.05, 0.1) is 19.2 Å². The van der Waals surface area contributed by atoms with E-state index in [4.69, 9.17) is 15.2 Å². The lowest BCUT2D eigenvalue weighted by atomic mass is 9.86. The Morgan fingerprint density at radius 3 is 2.87 bits per heavy atom. The fourth-order valence-corrected chi connectivity index (χ4v) is 3.62. The Labute approximate surface area is 137 Å². The van der Waals surface area contributed by atoms with Crippen LogP contribution in [0.2, 0.25) is 0 Å². The molecule has 1 amide bonds. The second-order valence-electron chi connectivity index (χ2n) is 6.49. The molecule has 1 heterocycles. The van der Waals surface area contributed by atoms with Crippen molar-refractivity contribution in [3.63, 3.8) is 0 Å². The molecule has 0 saturated carbocycles. The monoisotopic (exact) mass is 318 g/mol. The van der Waals surface area contributed by atoms with Gasteiger partial charge in [0.1, 0.15) is 5.75 Å². The summed E-state index contributed by atoms with van der Waals surface area (Å²) in [5, 5.41) is 3.16. The summed E-state index contributed by atoms with van der Waals surface area (Å²) in [7, 11) is 1.68. The largest absolute Gasteiger partial charge is 0.497 e. The van der Waals surface area contributed by atoms with E-state index in [1.807, 2.05) is 6.07 Å². The number of hydrogen-bond acceptors (Lipinski definition) is 4. The Kier molecular flexibility index (Phi) is 5.18. The molecule has 1 fully saturated rings. The Bertz CT molecular complexity index is 555. The smallest absolute Gasteiger partial charge is 0.237 e. The minimum absolute atomic E-state index is 0.0365. The van der Waals surface area contributed by atoms with Gasteiger partial charge in [-0.3, -0.25) is 4.79 Å². The molecule has 5 nitrogen and oxygen atoms in total. The molecule has 0 bridgehead atoms. The summed E-state index contributed by atoms with van der Waals surface area (Å²) in [5.74, 6) is 1.06. The molecule has 3 N–H and O–H groups in total. The number of aryl methyl sites for hydroxylation is 1. The molecular formula is C18H26N2O3. The summed E-state index contributed by atoms with van der Waals surface area (Å²) < 4.78 is 10.6. The Morgan fingerprint density at radius 1 is 1.35 bits per heavy atom. The molecule has 3 rings (SSSR count). The van der Waals surface area contributed by atoms with Gasteiger partial charge in [-0.1, -0.05) is 6.07 Å². The molecule has 0 spiro atoms. The van der Waals surface area contributed by atoms with Crippen molar-refractivity contribution < 1.29 is 14.3 Å². The van der Waals surface area contributed by atoms with E-state index in [2.05, 4.69) is 17.4 Å². The fourth-order valence-electron chi connectivity index (χ4n) is 3.62. The highest BCUT2D eigenvalue weighted by molar-refractivity contribution is 5.82. The van der Waals surface area contributed by atoms with Crippen LogP contribution in [0, 0.1) is 5.92 Å². The molecule has 1 saturated heterocycles. The SMILES string of the molecule is COc1ccc2c(c1)CCCC2NC(=O)C(N)C1CCOCC1. The topological polar surface area (TPSA) is 73.6 Å². The third-order valence-corrected chi connectivity index (χ3v) is 5.06. The number of carbonyl (C=O) groups excluding carboxylic acids is 1. The summed E-state index contributed by atoms with van der Waals surface area (Å²) in [6.45, 7) is 1.41. The molecule has 23 heavy (non-hydrogen) atoms. The first-order valence-corrected chi connectivity index (χ1v) is 8.49. The van der Waals surface area contributed by atoms with Crippen LogP contribution in [0.1, 0.15) is 42.9 Å². The summed E-state index contributed by atoms with van der Waals surface area (Å²) in [6.07, 6.45) is 4.80. The van der Waals surface area contributed by atoms with E-state index in [1.54, 1.807) is 7.11 Å². The lowest BCUT2D eigenvalue weighted by Gasteiger charge is -2.31. The van der Waals surface area contributed by atoms with E-state index in [1.165, 1.54) is 11.1 Å². The van der Waals surface area contributed by atoms with E-state index in [0.29, 0.717) is 13.2 Å². The minimum Gasteiger partial charge on any atom is -0.497 e. The maximum Gasteiger partial charge on any atom is 0.237 e. The van der Waals surface area contributed by atoms with Crippen LogP contribution < -0.4 is 15.8 Å². The summed E-state index contributed by atoms with van der Waals surface area (Å²) >= 11 is 0. The van der Waals surface area contributed by atoms with Crippen LogP contribution in [0.25, 0.3) is 0 Å². The van der Waals surface area contributed by atoms with E-state index in [0.717, 1.165) is 37.9 Å². The molecule has 5 heteroatoms. The standard InChI is InChI=1S/C18H26N2O3/c1-22-14-5-6-15-13(11-14)3-2-4-16(15)20-18(21)17(19)12-7-9-23-10-8-12/h5-6,11-12,16-17H,2-4,7-10,19H2,1H3,(H,20,21). The van der Waals surface area contributed by atoms with Crippen molar-refractivity contribution >= 4 is 5.91 Å². The number of benzene rings is 1. The van der Waals surface area contributed by atoms with Gasteiger partial charge in [-0.05, 0) is 61.3 Å². The number of amides is 1. The summed E-state index contributed by atoms with van der Waals surface area (Å²) in [5.41, 5.74) is 8.65. The normalized spacial score (nSPS) is 23.0. The highest BCUT2D eigenvalue weighted by Gasteiger charge is 2.29. The van der Waals surface area contributed by atoms with Crippen LogP contribution in [0.4, 0.5) is 0 Å². The number of carbonyl (C=O) groups is 1. The predicted molar refractivity (Wildman–Crippen MR) is 88.3 cm³/mol. The maximum absolute atomic E-state index is 12.5. The molecule has 1 aromatic rings. The van der Waals surface area contributed by atoms with Gasteiger partial charge in [-0.2, -0.15) is 0 Å². The van der Waals surface area contributed by atoms with Crippen molar-refractivity contribution in [3.05, 3.63) is 29.3 Å². The van der Waals surface area contributed by atoms with Crippen LogP contribution in [-0.2, 0) is 16.0 Å². The van der Waals surface area contributed by atoms with Crippen molar-refractivity contribution in [3.8, 4) is 5.75 Å². The fraction of sp³-hybridized carbons (Fsp3) is 0.611. The third kappa shape index (κ3) is 3.67. The predicted octanol–water partition coefficient (Wildman–Crippen LogP) is 1.94. The molecular weight excluding hydrogens is 292 g/mol. The quantitative estimate of drug-likeness (QED) is 0.890. The van der Waals surface area contributed by atoms with E-state index in [9.17, 15) is 4.79 Å². The Balaban J connectivity index is 1.67. The zero-order chi connectivity index (χ0) is 16.2. The van der Waals surface area contributed by atoms with Crippen LogP contribution >= 0.6 is 0 Å². The van der Waals surface area contributed by atoms with Crippen molar-refractivity contribution in [1.82, 2.24) is 5.32 Å². The molecule has 0 aromatic heterocycles. The van der Waals surface area contributed by atoms with Gasteiger partial charge in [0.2, 0.25) is 5.91 Å². The van der Waals surface area contributed by atoms with Gasteiger partial charge in [0.15, 0.2) is 0 Å². The molecule has 2 unspecified atom stereocenters. The van der Waals surface area contributed by atoms with Crippen LogP contribution in [0.5, 0.6) is 5.75 Å². The van der Waals surface area contributed by atoms with Crippen molar-refractivity contribution in [2.45, 2.75) is 44.2 Å². The highest BCUT2D eigenvalue weighted by Crippen LogP contribution is 2.32. The minimum atomic E-state index is -0.442. The zero-order valence-electron chi connectivity index (χ0n) is 13.7.